The highest BCUT2D eigenvalue weighted by molar-refractivity contribution is 5.83. The zero-order valence-electron chi connectivity index (χ0n) is 12.8. The SMILES string of the molecule is CCC(C)(CCO)NC(=O)C(C)c1ccc(OC)cc1. The Bertz CT molecular complexity index is 430. The van der Waals surface area contributed by atoms with Crippen LogP contribution in [0.4, 0.5) is 0 Å². The fourth-order valence-electron chi connectivity index (χ4n) is 2.02. The van der Waals surface area contributed by atoms with Crippen LogP contribution in [0.5, 0.6) is 5.75 Å². The van der Waals surface area contributed by atoms with E-state index in [-0.39, 0.29) is 24.0 Å². The standard InChI is InChI=1S/C16H25NO3/c1-5-16(3,10-11-18)17-15(19)12(2)13-6-8-14(20-4)9-7-13/h6-9,12,18H,5,10-11H2,1-4H3,(H,17,19). The molecule has 0 radical (unpaired) electrons. The fourth-order valence-corrected chi connectivity index (χ4v) is 2.02. The molecule has 0 aliphatic carbocycles. The maximum absolute atomic E-state index is 12.3. The molecule has 1 amide bonds. The third-order valence-corrected chi connectivity index (χ3v) is 3.88. The summed E-state index contributed by atoms with van der Waals surface area (Å²) in [6.45, 7) is 5.92. The number of aliphatic hydroxyl groups excluding tert-OH is 1. The Morgan fingerprint density at radius 2 is 2.00 bits per heavy atom. The minimum Gasteiger partial charge on any atom is -0.497 e. The molecular weight excluding hydrogens is 254 g/mol. The van der Waals surface area contributed by atoms with Gasteiger partial charge in [-0.1, -0.05) is 19.1 Å². The van der Waals surface area contributed by atoms with Crippen LogP contribution in [0.1, 0.15) is 45.1 Å². The van der Waals surface area contributed by atoms with Crippen LogP contribution in [-0.4, -0.2) is 30.3 Å². The molecule has 0 saturated carbocycles. The van der Waals surface area contributed by atoms with Gasteiger partial charge in [-0.05, 0) is 44.4 Å². The van der Waals surface area contributed by atoms with E-state index in [1.54, 1.807) is 7.11 Å². The zero-order valence-corrected chi connectivity index (χ0v) is 12.8. The van der Waals surface area contributed by atoms with Crippen molar-refractivity contribution in [3.8, 4) is 5.75 Å². The first-order chi connectivity index (χ1) is 9.45. The van der Waals surface area contributed by atoms with Gasteiger partial charge in [0.15, 0.2) is 0 Å². The molecule has 0 bridgehead atoms. The molecule has 20 heavy (non-hydrogen) atoms. The van der Waals surface area contributed by atoms with E-state index in [0.717, 1.165) is 17.7 Å². The Kier molecular flexibility index (Phi) is 6.02. The number of ether oxygens (including phenoxy) is 1. The second-order valence-corrected chi connectivity index (χ2v) is 5.37. The van der Waals surface area contributed by atoms with Crippen molar-refractivity contribution in [3.63, 3.8) is 0 Å². The van der Waals surface area contributed by atoms with Gasteiger partial charge in [-0.15, -0.1) is 0 Å². The van der Waals surface area contributed by atoms with Crippen LogP contribution in [0.25, 0.3) is 0 Å². The predicted molar refractivity (Wildman–Crippen MR) is 80.0 cm³/mol. The first kappa shape index (κ1) is 16.5. The number of nitrogens with one attached hydrogen (secondary N) is 1. The Hall–Kier alpha value is -1.55. The molecule has 0 spiro atoms. The van der Waals surface area contributed by atoms with Gasteiger partial charge >= 0.3 is 0 Å². The topological polar surface area (TPSA) is 58.6 Å². The van der Waals surface area contributed by atoms with Crippen molar-refractivity contribution in [1.29, 1.82) is 0 Å². The van der Waals surface area contributed by atoms with Crippen molar-refractivity contribution in [2.45, 2.75) is 45.1 Å². The van der Waals surface area contributed by atoms with Crippen molar-refractivity contribution in [3.05, 3.63) is 29.8 Å². The summed E-state index contributed by atoms with van der Waals surface area (Å²) < 4.78 is 5.11. The number of methoxy groups -OCH3 is 1. The summed E-state index contributed by atoms with van der Waals surface area (Å²) in [6.07, 6.45) is 1.35. The number of hydrogen-bond donors (Lipinski definition) is 2. The highest BCUT2D eigenvalue weighted by Crippen LogP contribution is 2.21. The molecule has 1 aromatic carbocycles. The summed E-state index contributed by atoms with van der Waals surface area (Å²) in [5.74, 6) is 0.526. The van der Waals surface area contributed by atoms with Crippen LogP contribution in [0, 0.1) is 0 Å². The number of carbonyl (C=O) groups is 1. The minimum absolute atomic E-state index is 0.0204. The van der Waals surface area contributed by atoms with Gasteiger partial charge in [0.2, 0.25) is 5.91 Å². The molecular formula is C16H25NO3. The zero-order chi connectivity index (χ0) is 15.2. The second-order valence-electron chi connectivity index (χ2n) is 5.37. The van der Waals surface area contributed by atoms with Crippen molar-refractivity contribution in [2.75, 3.05) is 13.7 Å². The Labute approximate surface area is 121 Å². The molecule has 112 valence electrons. The third kappa shape index (κ3) is 4.23. The van der Waals surface area contributed by atoms with Crippen molar-refractivity contribution in [1.82, 2.24) is 5.32 Å². The van der Waals surface area contributed by atoms with E-state index in [4.69, 9.17) is 9.84 Å². The van der Waals surface area contributed by atoms with Crippen molar-refractivity contribution >= 4 is 5.91 Å². The van der Waals surface area contributed by atoms with Crippen molar-refractivity contribution in [2.24, 2.45) is 0 Å². The van der Waals surface area contributed by atoms with Crippen LogP contribution < -0.4 is 10.1 Å². The van der Waals surface area contributed by atoms with Gasteiger partial charge in [0.05, 0.1) is 13.0 Å². The molecule has 0 aliphatic heterocycles. The molecule has 0 fully saturated rings. The van der Waals surface area contributed by atoms with Gasteiger partial charge in [-0.3, -0.25) is 4.79 Å². The van der Waals surface area contributed by atoms with Gasteiger partial charge in [0.1, 0.15) is 5.75 Å². The highest BCUT2D eigenvalue weighted by atomic mass is 16.5. The lowest BCUT2D eigenvalue weighted by atomic mass is 9.92. The van der Waals surface area contributed by atoms with Gasteiger partial charge in [0, 0.05) is 12.1 Å². The van der Waals surface area contributed by atoms with Gasteiger partial charge in [-0.2, -0.15) is 0 Å². The normalized spacial score (nSPS) is 15.2. The molecule has 4 nitrogen and oxygen atoms in total. The number of carbonyl (C=O) groups excluding carboxylic acids is 1. The molecule has 1 aromatic rings. The third-order valence-electron chi connectivity index (χ3n) is 3.88. The lowest BCUT2D eigenvalue weighted by Crippen LogP contribution is -2.47. The van der Waals surface area contributed by atoms with Crippen LogP contribution in [0.2, 0.25) is 0 Å². The summed E-state index contributed by atoms with van der Waals surface area (Å²) in [4.78, 5) is 12.3. The molecule has 2 unspecified atom stereocenters. The maximum Gasteiger partial charge on any atom is 0.227 e. The fraction of sp³-hybridized carbons (Fsp3) is 0.562. The first-order valence-electron chi connectivity index (χ1n) is 7.02. The Morgan fingerprint density at radius 3 is 2.45 bits per heavy atom. The first-order valence-corrected chi connectivity index (χ1v) is 7.02. The van der Waals surface area contributed by atoms with Crippen LogP contribution >= 0.6 is 0 Å². The van der Waals surface area contributed by atoms with E-state index >= 15 is 0 Å². The smallest absolute Gasteiger partial charge is 0.227 e. The summed E-state index contributed by atoms with van der Waals surface area (Å²) in [7, 11) is 1.62. The van der Waals surface area contributed by atoms with Gasteiger partial charge < -0.3 is 15.2 Å². The molecule has 0 saturated heterocycles. The van der Waals surface area contributed by atoms with E-state index in [1.807, 2.05) is 45.0 Å². The quantitative estimate of drug-likeness (QED) is 0.806. The van der Waals surface area contributed by atoms with Crippen molar-refractivity contribution < 1.29 is 14.6 Å². The van der Waals surface area contributed by atoms with E-state index in [0.29, 0.717) is 6.42 Å². The lowest BCUT2D eigenvalue weighted by molar-refractivity contribution is -0.124. The number of amides is 1. The number of rotatable bonds is 7. The Morgan fingerprint density at radius 1 is 1.40 bits per heavy atom. The summed E-state index contributed by atoms with van der Waals surface area (Å²) >= 11 is 0. The minimum atomic E-state index is -0.355. The summed E-state index contributed by atoms with van der Waals surface area (Å²) in [6, 6.07) is 7.51. The number of aliphatic hydroxyl groups is 1. The Balaban J connectivity index is 2.75. The van der Waals surface area contributed by atoms with Crippen LogP contribution in [-0.2, 0) is 4.79 Å². The maximum atomic E-state index is 12.3. The van der Waals surface area contributed by atoms with E-state index in [2.05, 4.69) is 5.32 Å². The molecule has 0 aromatic heterocycles. The lowest BCUT2D eigenvalue weighted by Gasteiger charge is -2.30. The number of benzene rings is 1. The van der Waals surface area contributed by atoms with Crippen LogP contribution in [0.3, 0.4) is 0 Å². The summed E-state index contributed by atoms with van der Waals surface area (Å²) in [5, 5.41) is 12.1. The summed E-state index contributed by atoms with van der Waals surface area (Å²) in [5.41, 5.74) is 0.595. The number of hydrogen-bond acceptors (Lipinski definition) is 3. The molecule has 4 heteroatoms. The van der Waals surface area contributed by atoms with E-state index in [1.165, 1.54) is 0 Å². The van der Waals surface area contributed by atoms with Crippen LogP contribution in [0.15, 0.2) is 24.3 Å². The molecule has 0 aliphatic rings. The van der Waals surface area contributed by atoms with Gasteiger partial charge in [-0.25, -0.2) is 0 Å². The van der Waals surface area contributed by atoms with E-state index in [9.17, 15) is 4.79 Å². The molecule has 1 rings (SSSR count). The highest BCUT2D eigenvalue weighted by Gasteiger charge is 2.26. The molecule has 2 atom stereocenters. The monoisotopic (exact) mass is 279 g/mol. The molecule has 0 heterocycles. The largest absolute Gasteiger partial charge is 0.497 e. The average Bonchev–Trinajstić information content (AvgIpc) is 2.46. The predicted octanol–water partition coefficient (Wildman–Crippen LogP) is 2.47. The van der Waals surface area contributed by atoms with Gasteiger partial charge in [0.25, 0.3) is 0 Å². The van der Waals surface area contributed by atoms with E-state index < -0.39 is 0 Å². The molecule has 2 N–H and O–H groups in total. The second kappa shape index (κ2) is 7.29. The average molecular weight is 279 g/mol.